The van der Waals surface area contributed by atoms with Crippen LogP contribution in [0.1, 0.15) is 17.0 Å². The molecular formula is C16H15N5O4. The van der Waals surface area contributed by atoms with E-state index in [0.717, 1.165) is 33.4 Å². The Balaban J connectivity index is 1.91. The Morgan fingerprint density at radius 3 is 2.44 bits per heavy atom. The minimum Gasteiger partial charge on any atom is -0.289 e. The van der Waals surface area contributed by atoms with Crippen molar-refractivity contribution in [3.05, 3.63) is 84.4 Å². The molecule has 2 heterocycles. The molecule has 0 saturated heterocycles. The first-order valence-corrected chi connectivity index (χ1v) is 7.46. The van der Waals surface area contributed by atoms with Crippen molar-refractivity contribution >= 4 is 5.69 Å². The van der Waals surface area contributed by atoms with Gasteiger partial charge in [-0.25, -0.2) is 9.48 Å². The molecule has 0 fully saturated rings. The predicted molar refractivity (Wildman–Crippen MR) is 90.1 cm³/mol. The van der Waals surface area contributed by atoms with Crippen LogP contribution in [0.25, 0.3) is 5.69 Å². The molecule has 0 amide bonds. The number of aromatic nitrogens is 4. The second kappa shape index (κ2) is 6.19. The monoisotopic (exact) mass is 341 g/mol. The number of nitro groups is 1. The third-order valence-electron chi connectivity index (χ3n) is 3.73. The summed E-state index contributed by atoms with van der Waals surface area (Å²) in [5.74, 6) is 0. The van der Waals surface area contributed by atoms with Crippen molar-refractivity contribution in [3.8, 4) is 5.69 Å². The lowest BCUT2D eigenvalue weighted by Crippen LogP contribution is -2.31. The Morgan fingerprint density at radius 2 is 1.88 bits per heavy atom. The van der Waals surface area contributed by atoms with Gasteiger partial charge in [-0.05, 0) is 37.6 Å². The van der Waals surface area contributed by atoms with Gasteiger partial charge in [-0.1, -0.05) is 12.1 Å². The Bertz CT molecular complexity index is 1060. The third-order valence-corrected chi connectivity index (χ3v) is 3.73. The molecule has 0 aliphatic carbocycles. The Labute approximate surface area is 141 Å². The molecule has 2 aromatic heterocycles. The Kier molecular flexibility index (Phi) is 4.05. The number of aromatic amines is 1. The third kappa shape index (κ3) is 3.25. The highest BCUT2D eigenvalue weighted by molar-refractivity contribution is 5.36. The second-order valence-electron chi connectivity index (χ2n) is 5.66. The van der Waals surface area contributed by atoms with E-state index in [2.05, 4.69) is 5.10 Å². The number of hydrogen-bond acceptors (Lipinski definition) is 5. The van der Waals surface area contributed by atoms with Crippen molar-refractivity contribution < 1.29 is 4.92 Å². The number of nitrogens with zero attached hydrogens (tertiary/aromatic N) is 4. The molecule has 3 rings (SSSR count). The maximum absolute atomic E-state index is 11.8. The molecule has 0 saturated carbocycles. The molecular weight excluding hydrogens is 326 g/mol. The van der Waals surface area contributed by atoms with Crippen LogP contribution in [0.3, 0.4) is 0 Å². The van der Waals surface area contributed by atoms with Crippen LogP contribution >= 0.6 is 0 Å². The van der Waals surface area contributed by atoms with Gasteiger partial charge in [-0.2, -0.15) is 5.10 Å². The van der Waals surface area contributed by atoms with Crippen LogP contribution in [-0.2, 0) is 6.54 Å². The van der Waals surface area contributed by atoms with Crippen molar-refractivity contribution in [1.82, 2.24) is 19.3 Å². The van der Waals surface area contributed by atoms with Gasteiger partial charge in [-0.3, -0.25) is 24.5 Å². The Morgan fingerprint density at radius 1 is 1.20 bits per heavy atom. The lowest BCUT2D eigenvalue weighted by atomic mass is 10.2. The standard InChI is InChI=1S/C16H15N5O4/c1-10-7-11(2)20(18-10)13-5-3-12(4-6-13)8-19-9-14(21(24)25)15(22)17-16(19)23/h3-7,9H,8H2,1-2H3,(H,17,22,23). The molecule has 0 aliphatic rings. The van der Waals surface area contributed by atoms with Gasteiger partial charge in [-0.15, -0.1) is 0 Å². The highest BCUT2D eigenvalue weighted by atomic mass is 16.6. The predicted octanol–water partition coefficient (Wildman–Crippen LogP) is 1.30. The van der Waals surface area contributed by atoms with Gasteiger partial charge in [0.25, 0.3) is 0 Å². The zero-order valence-corrected chi connectivity index (χ0v) is 13.6. The Hall–Kier alpha value is -3.49. The molecule has 3 aromatic rings. The summed E-state index contributed by atoms with van der Waals surface area (Å²) in [6.45, 7) is 3.97. The number of rotatable bonds is 4. The second-order valence-corrected chi connectivity index (χ2v) is 5.66. The molecule has 1 aromatic carbocycles. The van der Waals surface area contributed by atoms with Gasteiger partial charge in [0.1, 0.15) is 0 Å². The summed E-state index contributed by atoms with van der Waals surface area (Å²) in [4.78, 5) is 35.2. The SMILES string of the molecule is Cc1cc(C)n(-c2ccc(Cn3cc([N+](=O)[O-])c(=O)[nH]c3=O)cc2)n1. The van der Waals surface area contributed by atoms with E-state index in [9.17, 15) is 19.7 Å². The van der Waals surface area contributed by atoms with E-state index < -0.39 is 21.9 Å². The van der Waals surface area contributed by atoms with E-state index in [0.29, 0.717) is 0 Å². The van der Waals surface area contributed by atoms with Gasteiger partial charge < -0.3 is 0 Å². The van der Waals surface area contributed by atoms with E-state index in [4.69, 9.17) is 0 Å². The average molecular weight is 341 g/mol. The molecule has 9 nitrogen and oxygen atoms in total. The molecule has 1 N–H and O–H groups in total. The van der Waals surface area contributed by atoms with Crippen LogP contribution in [0.5, 0.6) is 0 Å². The first-order chi connectivity index (χ1) is 11.8. The summed E-state index contributed by atoms with van der Waals surface area (Å²) in [5.41, 5.74) is 1.16. The smallest absolute Gasteiger partial charge is 0.289 e. The first kappa shape index (κ1) is 16.4. The van der Waals surface area contributed by atoms with Gasteiger partial charge in [0, 0.05) is 5.69 Å². The minimum atomic E-state index is -1.01. The van der Waals surface area contributed by atoms with Crippen LogP contribution < -0.4 is 11.2 Å². The van der Waals surface area contributed by atoms with Gasteiger partial charge in [0.05, 0.1) is 29.0 Å². The largest absolute Gasteiger partial charge is 0.350 e. The fourth-order valence-electron chi connectivity index (χ4n) is 2.57. The lowest BCUT2D eigenvalue weighted by Gasteiger charge is -2.08. The van der Waals surface area contributed by atoms with Crippen LogP contribution in [0, 0.1) is 24.0 Å². The maximum Gasteiger partial charge on any atom is 0.350 e. The van der Waals surface area contributed by atoms with E-state index in [-0.39, 0.29) is 6.54 Å². The molecule has 0 aliphatic heterocycles. The molecule has 0 atom stereocenters. The summed E-state index contributed by atoms with van der Waals surface area (Å²) in [7, 11) is 0. The quantitative estimate of drug-likeness (QED) is 0.567. The van der Waals surface area contributed by atoms with Crippen LogP contribution in [0.2, 0.25) is 0 Å². The summed E-state index contributed by atoms with van der Waals surface area (Å²) >= 11 is 0. The van der Waals surface area contributed by atoms with Crippen LogP contribution in [0.15, 0.2) is 46.1 Å². The van der Waals surface area contributed by atoms with Crippen molar-refractivity contribution in [2.24, 2.45) is 0 Å². The van der Waals surface area contributed by atoms with Crippen molar-refractivity contribution in [2.45, 2.75) is 20.4 Å². The number of aryl methyl sites for hydroxylation is 2. The van der Waals surface area contributed by atoms with Crippen LogP contribution in [0.4, 0.5) is 5.69 Å². The summed E-state index contributed by atoms with van der Waals surface area (Å²) in [5, 5.41) is 15.2. The number of benzene rings is 1. The highest BCUT2D eigenvalue weighted by Crippen LogP contribution is 2.13. The number of hydrogen-bond donors (Lipinski definition) is 1. The zero-order chi connectivity index (χ0) is 18.1. The maximum atomic E-state index is 11.8. The summed E-state index contributed by atoms with van der Waals surface area (Å²) in [6.07, 6.45) is 0.954. The number of nitrogens with one attached hydrogen (secondary N) is 1. The van der Waals surface area contributed by atoms with Gasteiger partial charge in [0.15, 0.2) is 0 Å². The van der Waals surface area contributed by atoms with Gasteiger partial charge >= 0.3 is 16.9 Å². The number of H-pyrrole nitrogens is 1. The fraction of sp³-hybridized carbons (Fsp3) is 0.188. The molecule has 0 bridgehead atoms. The van der Waals surface area contributed by atoms with Crippen LogP contribution in [-0.4, -0.2) is 24.3 Å². The normalized spacial score (nSPS) is 10.8. The first-order valence-electron chi connectivity index (χ1n) is 7.46. The van der Waals surface area contributed by atoms with E-state index in [1.807, 2.05) is 37.0 Å². The molecule has 128 valence electrons. The minimum absolute atomic E-state index is 0.105. The zero-order valence-electron chi connectivity index (χ0n) is 13.6. The van der Waals surface area contributed by atoms with Crippen molar-refractivity contribution in [1.29, 1.82) is 0 Å². The van der Waals surface area contributed by atoms with Crippen molar-refractivity contribution in [3.63, 3.8) is 0 Å². The molecule has 0 unspecified atom stereocenters. The fourth-order valence-corrected chi connectivity index (χ4v) is 2.57. The van der Waals surface area contributed by atoms with Crippen molar-refractivity contribution in [2.75, 3.05) is 0 Å². The molecule has 9 heteroatoms. The lowest BCUT2D eigenvalue weighted by molar-refractivity contribution is -0.386. The molecule has 25 heavy (non-hydrogen) atoms. The highest BCUT2D eigenvalue weighted by Gasteiger charge is 2.15. The average Bonchev–Trinajstić information content (AvgIpc) is 2.89. The molecule has 0 radical (unpaired) electrons. The van der Waals surface area contributed by atoms with E-state index in [1.165, 1.54) is 0 Å². The summed E-state index contributed by atoms with van der Waals surface area (Å²) in [6, 6.07) is 9.26. The van der Waals surface area contributed by atoms with E-state index >= 15 is 0 Å². The van der Waals surface area contributed by atoms with E-state index in [1.54, 1.807) is 16.8 Å². The summed E-state index contributed by atoms with van der Waals surface area (Å²) < 4.78 is 2.90. The van der Waals surface area contributed by atoms with Gasteiger partial charge in [0.2, 0.25) is 0 Å². The topological polar surface area (TPSA) is 116 Å². The molecule has 0 spiro atoms.